The smallest absolute Gasteiger partial charge is 0.0497 e. The molecule has 0 radical (unpaired) electrons. The highest BCUT2D eigenvalue weighted by atomic mass is 14.7. The monoisotopic (exact) mass is 275 g/mol. The molecule has 0 aromatic carbocycles. The van der Waals surface area contributed by atoms with Gasteiger partial charge in [-0.3, -0.25) is 4.98 Å². The van der Waals surface area contributed by atoms with E-state index < -0.39 is 0 Å². The number of hydrogen-bond acceptors (Lipinski definition) is 1. The summed E-state index contributed by atoms with van der Waals surface area (Å²) in [7, 11) is 0. The summed E-state index contributed by atoms with van der Waals surface area (Å²) in [4.78, 5) is 4.81. The minimum Gasteiger partial charge on any atom is -0.260 e. The fourth-order valence-corrected chi connectivity index (χ4v) is 2.78. The summed E-state index contributed by atoms with van der Waals surface area (Å²) in [5.41, 5.74) is 6.06. The van der Waals surface area contributed by atoms with E-state index in [9.17, 15) is 0 Å². The lowest BCUT2D eigenvalue weighted by molar-refractivity contribution is 0.401. The summed E-state index contributed by atoms with van der Waals surface area (Å²) in [6.07, 6.45) is 3.17. The molecular formula is C19H33N. The zero-order valence-corrected chi connectivity index (χ0v) is 15.2. The third kappa shape index (κ3) is 4.07. The molecule has 0 amide bonds. The Kier molecular flexibility index (Phi) is 4.44. The number of rotatable bonds is 1. The molecule has 0 fully saturated rings. The van der Waals surface area contributed by atoms with E-state index in [1.54, 1.807) is 0 Å². The molecule has 0 spiro atoms. The normalized spacial score (nSPS) is 13.7. The molecule has 0 saturated carbocycles. The van der Waals surface area contributed by atoms with Crippen molar-refractivity contribution in [3.63, 3.8) is 0 Å². The van der Waals surface area contributed by atoms with Crippen molar-refractivity contribution in [3.05, 3.63) is 28.6 Å². The van der Waals surface area contributed by atoms with Gasteiger partial charge < -0.3 is 0 Å². The van der Waals surface area contributed by atoms with Gasteiger partial charge >= 0.3 is 0 Å². The maximum absolute atomic E-state index is 4.81. The van der Waals surface area contributed by atoms with Crippen LogP contribution in [-0.4, -0.2) is 4.98 Å². The van der Waals surface area contributed by atoms with Crippen LogP contribution >= 0.6 is 0 Å². The van der Waals surface area contributed by atoms with E-state index in [1.807, 2.05) is 0 Å². The largest absolute Gasteiger partial charge is 0.260 e. The molecule has 1 rings (SSSR count). The maximum atomic E-state index is 4.81. The van der Waals surface area contributed by atoms with E-state index in [4.69, 9.17) is 4.98 Å². The number of aryl methyl sites for hydroxylation is 1. The lowest BCUT2D eigenvalue weighted by Gasteiger charge is -2.34. The van der Waals surface area contributed by atoms with Crippen LogP contribution in [0.15, 0.2) is 6.20 Å². The summed E-state index contributed by atoms with van der Waals surface area (Å²) < 4.78 is 0. The first-order valence-corrected chi connectivity index (χ1v) is 7.73. The van der Waals surface area contributed by atoms with Crippen LogP contribution in [0.25, 0.3) is 0 Å². The van der Waals surface area contributed by atoms with Crippen LogP contribution in [-0.2, 0) is 17.3 Å². The number of pyridine rings is 1. The molecule has 0 bridgehead atoms. The van der Waals surface area contributed by atoms with Crippen molar-refractivity contribution in [2.24, 2.45) is 5.41 Å². The highest BCUT2D eigenvalue weighted by molar-refractivity contribution is 5.43. The average Bonchev–Trinajstić information content (AvgIpc) is 2.15. The molecule has 1 nitrogen and oxygen atoms in total. The fraction of sp³-hybridized carbons (Fsp3) is 0.737. The third-order valence-corrected chi connectivity index (χ3v) is 3.57. The van der Waals surface area contributed by atoms with Crippen molar-refractivity contribution in [1.82, 2.24) is 4.98 Å². The van der Waals surface area contributed by atoms with E-state index in [1.165, 1.54) is 22.4 Å². The third-order valence-electron chi connectivity index (χ3n) is 3.57. The minimum atomic E-state index is 0.0863. The topological polar surface area (TPSA) is 12.9 Å². The van der Waals surface area contributed by atoms with Gasteiger partial charge in [0, 0.05) is 17.3 Å². The Balaban J connectivity index is 3.64. The lowest BCUT2D eigenvalue weighted by Crippen LogP contribution is -2.27. The molecule has 0 aliphatic heterocycles. The van der Waals surface area contributed by atoms with Crippen molar-refractivity contribution in [2.45, 2.75) is 86.5 Å². The molecule has 1 aromatic heterocycles. The number of aromatic nitrogens is 1. The van der Waals surface area contributed by atoms with Gasteiger partial charge in [0.25, 0.3) is 0 Å². The second-order valence-electron chi connectivity index (χ2n) is 9.38. The first-order valence-electron chi connectivity index (χ1n) is 7.73. The zero-order chi connectivity index (χ0) is 15.9. The summed E-state index contributed by atoms with van der Waals surface area (Å²) in [5.74, 6) is 0. The van der Waals surface area contributed by atoms with Gasteiger partial charge in [0.05, 0.1) is 0 Å². The Hall–Kier alpha value is -0.850. The van der Waals surface area contributed by atoms with Crippen molar-refractivity contribution in [1.29, 1.82) is 0 Å². The van der Waals surface area contributed by atoms with E-state index in [-0.39, 0.29) is 10.8 Å². The van der Waals surface area contributed by atoms with Crippen LogP contribution in [0.1, 0.15) is 84.7 Å². The molecule has 0 aliphatic rings. The predicted molar refractivity (Wildman–Crippen MR) is 89.5 cm³/mol. The van der Waals surface area contributed by atoms with Crippen LogP contribution in [0.4, 0.5) is 0 Å². The molecule has 0 N–H and O–H groups in total. The van der Waals surface area contributed by atoms with Crippen molar-refractivity contribution >= 4 is 0 Å². The van der Waals surface area contributed by atoms with E-state index >= 15 is 0 Å². The fourth-order valence-electron chi connectivity index (χ4n) is 2.78. The molecule has 0 atom stereocenters. The number of nitrogens with zero attached hydrogens (tertiary/aromatic N) is 1. The molecule has 1 aromatic rings. The molecule has 0 unspecified atom stereocenters. The highest BCUT2D eigenvalue weighted by Gasteiger charge is 2.31. The average molecular weight is 275 g/mol. The van der Waals surface area contributed by atoms with E-state index in [0.717, 1.165) is 6.42 Å². The SMILES string of the molecule is Cc1cnc(C(C)(C)C)c(C(C)(C)C)c1CC(C)(C)C. The van der Waals surface area contributed by atoms with Crippen LogP contribution in [0.5, 0.6) is 0 Å². The second kappa shape index (κ2) is 5.16. The maximum Gasteiger partial charge on any atom is 0.0497 e. The molecule has 114 valence electrons. The van der Waals surface area contributed by atoms with Crippen molar-refractivity contribution in [3.8, 4) is 0 Å². The Morgan fingerprint density at radius 2 is 1.35 bits per heavy atom. The van der Waals surface area contributed by atoms with Gasteiger partial charge in [0.1, 0.15) is 0 Å². The summed E-state index contributed by atoms with van der Waals surface area (Å²) in [6.45, 7) is 22.9. The number of hydrogen-bond donors (Lipinski definition) is 0. The summed E-state index contributed by atoms with van der Waals surface area (Å²) in [5, 5.41) is 0. The van der Waals surface area contributed by atoms with Crippen LogP contribution < -0.4 is 0 Å². The van der Waals surface area contributed by atoms with Gasteiger partial charge in [-0.2, -0.15) is 0 Å². The quantitative estimate of drug-likeness (QED) is 0.652. The lowest BCUT2D eigenvalue weighted by atomic mass is 9.72. The molecule has 1 heteroatoms. The van der Waals surface area contributed by atoms with Gasteiger partial charge in [-0.15, -0.1) is 0 Å². The first-order chi connectivity index (χ1) is 8.73. The van der Waals surface area contributed by atoms with Gasteiger partial charge in [0.2, 0.25) is 0 Å². The van der Waals surface area contributed by atoms with E-state index in [0.29, 0.717) is 5.41 Å². The molecule has 1 heterocycles. The summed E-state index contributed by atoms with van der Waals surface area (Å²) in [6, 6.07) is 0. The first kappa shape index (κ1) is 17.2. The van der Waals surface area contributed by atoms with Gasteiger partial charge in [-0.05, 0) is 40.9 Å². The van der Waals surface area contributed by atoms with Crippen LogP contribution in [0.3, 0.4) is 0 Å². The Bertz CT molecular complexity index is 476. The van der Waals surface area contributed by atoms with Gasteiger partial charge in [-0.25, -0.2) is 0 Å². The van der Waals surface area contributed by atoms with Crippen molar-refractivity contribution in [2.75, 3.05) is 0 Å². The minimum absolute atomic E-state index is 0.0863. The highest BCUT2D eigenvalue weighted by Crippen LogP contribution is 2.38. The molecular weight excluding hydrogens is 242 g/mol. The molecule has 20 heavy (non-hydrogen) atoms. The summed E-state index contributed by atoms with van der Waals surface area (Å²) >= 11 is 0. The Morgan fingerprint density at radius 3 is 1.70 bits per heavy atom. The zero-order valence-electron chi connectivity index (χ0n) is 15.2. The van der Waals surface area contributed by atoms with Crippen LogP contribution in [0, 0.1) is 12.3 Å². The Labute approximate surface area is 126 Å². The molecule has 0 aliphatic carbocycles. The van der Waals surface area contributed by atoms with E-state index in [2.05, 4.69) is 75.4 Å². The van der Waals surface area contributed by atoms with Gasteiger partial charge in [0.15, 0.2) is 0 Å². The van der Waals surface area contributed by atoms with Gasteiger partial charge in [-0.1, -0.05) is 62.3 Å². The van der Waals surface area contributed by atoms with Crippen LogP contribution in [0.2, 0.25) is 0 Å². The van der Waals surface area contributed by atoms with Crippen molar-refractivity contribution < 1.29 is 0 Å². The Morgan fingerprint density at radius 1 is 0.850 bits per heavy atom. The second-order valence-corrected chi connectivity index (χ2v) is 9.38. The standard InChI is InChI=1S/C19H33N/c1-13-12-20-16(19(8,9)10)15(18(5,6)7)14(13)11-17(2,3)4/h12H,11H2,1-10H3. The predicted octanol–water partition coefficient (Wildman–Crippen LogP) is 5.57. The molecule has 0 saturated heterocycles.